The first-order chi connectivity index (χ1) is 9.70. The third-order valence-electron chi connectivity index (χ3n) is 4.07. The van der Waals surface area contributed by atoms with E-state index in [1.165, 1.54) is 0 Å². The first-order valence-electron chi connectivity index (χ1n) is 7.76. The van der Waals surface area contributed by atoms with Crippen molar-refractivity contribution < 1.29 is 4.79 Å². The lowest BCUT2D eigenvalue weighted by atomic mass is 9.76. The number of hydrogen-bond acceptors (Lipinski definition) is 3. The summed E-state index contributed by atoms with van der Waals surface area (Å²) in [5, 5.41) is 13.5. The third-order valence-corrected chi connectivity index (χ3v) is 4.07. The van der Waals surface area contributed by atoms with E-state index in [4.69, 9.17) is 0 Å². The molecule has 1 amide bonds. The van der Waals surface area contributed by atoms with Gasteiger partial charge in [0.15, 0.2) is 5.82 Å². The van der Waals surface area contributed by atoms with Gasteiger partial charge in [0.1, 0.15) is 0 Å². The Morgan fingerprint density at radius 2 is 2.30 bits per heavy atom. The standard InChI is InChI=1S/C15H26N4O/c1-3-6-12-10-13(19-18-12)17-14(20)15(7-4-2)8-5-9-16-11-15/h10,16H,3-9,11H2,1-2H3,(H2,17,18,19,20). The largest absolute Gasteiger partial charge is 0.316 e. The normalized spacial score (nSPS) is 22.7. The second kappa shape index (κ2) is 6.88. The maximum atomic E-state index is 12.6. The second-order valence-corrected chi connectivity index (χ2v) is 5.79. The first-order valence-corrected chi connectivity index (χ1v) is 7.76. The molecule has 1 unspecified atom stereocenters. The molecule has 1 aromatic heterocycles. The van der Waals surface area contributed by atoms with Gasteiger partial charge in [-0.1, -0.05) is 26.7 Å². The van der Waals surface area contributed by atoms with Crippen molar-refractivity contribution in [3.05, 3.63) is 11.8 Å². The van der Waals surface area contributed by atoms with E-state index >= 15 is 0 Å². The molecule has 0 saturated carbocycles. The van der Waals surface area contributed by atoms with Crippen LogP contribution in [0.4, 0.5) is 5.82 Å². The predicted molar refractivity (Wildman–Crippen MR) is 80.7 cm³/mol. The molecule has 20 heavy (non-hydrogen) atoms. The van der Waals surface area contributed by atoms with E-state index in [1.807, 2.05) is 6.07 Å². The van der Waals surface area contributed by atoms with Gasteiger partial charge in [-0.25, -0.2) is 0 Å². The number of aryl methyl sites for hydroxylation is 1. The van der Waals surface area contributed by atoms with Gasteiger partial charge in [0, 0.05) is 18.3 Å². The van der Waals surface area contributed by atoms with Crippen LogP contribution >= 0.6 is 0 Å². The Morgan fingerprint density at radius 3 is 2.95 bits per heavy atom. The van der Waals surface area contributed by atoms with E-state index in [9.17, 15) is 4.79 Å². The van der Waals surface area contributed by atoms with E-state index in [-0.39, 0.29) is 11.3 Å². The molecule has 2 heterocycles. The molecule has 1 atom stereocenters. The molecule has 0 aliphatic carbocycles. The lowest BCUT2D eigenvalue weighted by Gasteiger charge is -2.35. The van der Waals surface area contributed by atoms with Crippen LogP contribution in [0, 0.1) is 5.41 Å². The Morgan fingerprint density at radius 1 is 1.45 bits per heavy atom. The zero-order chi connectivity index (χ0) is 14.4. The summed E-state index contributed by atoms with van der Waals surface area (Å²) in [7, 11) is 0. The van der Waals surface area contributed by atoms with Gasteiger partial charge in [-0.15, -0.1) is 0 Å². The molecular weight excluding hydrogens is 252 g/mol. The molecule has 1 aromatic rings. The Bertz CT molecular complexity index is 429. The van der Waals surface area contributed by atoms with Gasteiger partial charge < -0.3 is 10.6 Å². The molecule has 1 saturated heterocycles. The number of nitrogens with one attached hydrogen (secondary N) is 3. The van der Waals surface area contributed by atoms with Crippen LogP contribution in [0.5, 0.6) is 0 Å². The summed E-state index contributed by atoms with van der Waals surface area (Å²) in [6, 6.07) is 1.94. The molecule has 5 heteroatoms. The zero-order valence-electron chi connectivity index (χ0n) is 12.6. The number of aromatic nitrogens is 2. The van der Waals surface area contributed by atoms with E-state index in [0.717, 1.165) is 57.3 Å². The van der Waals surface area contributed by atoms with Crippen molar-refractivity contribution in [2.24, 2.45) is 5.41 Å². The van der Waals surface area contributed by atoms with Crippen LogP contribution < -0.4 is 10.6 Å². The van der Waals surface area contributed by atoms with Gasteiger partial charge >= 0.3 is 0 Å². The predicted octanol–water partition coefficient (Wildman–Crippen LogP) is 2.47. The van der Waals surface area contributed by atoms with Crippen molar-refractivity contribution in [1.29, 1.82) is 0 Å². The summed E-state index contributed by atoms with van der Waals surface area (Å²) in [5.74, 6) is 0.764. The van der Waals surface area contributed by atoms with Crippen LogP contribution in [0.2, 0.25) is 0 Å². The number of anilines is 1. The molecule has 0 aromatic carbocycles. The lowest BCUT2D eigenvalue weighted by molar-refractivity contribution is -0.127. The SMILES string of the molecule is CCCc1cc(NC(=O)C2(CCC)CCCNC2)n[nH]1. The average Bonchev–Trinajstić information content (AvgIpc) is 2.88. The van der Waals surface area contributed by atoms with Crippen molar-refractivity contribution in [1.82, 2.24) is 15.5 Å². The number of carbonyl (C=O) groups is 1. The van der Waals surface area contributed by atoms with Crippen LogP contribution in [0.25, 0.3) is 0 Å². The zero-order valence-corrected chi connectivity index (χ0v) is 12.6. The molecule has 5 nitrogen and oxygen atoms in total. The van der Waals surface area contributed by atoms with Crippen molar-refractivity contribution in [3.63, 3.8) is 0 Å². The molecule has 1 aliphatic heterocycles. The smallest absolute Gasteiger partial charge is 0.233 e. The summed E-state index contributed by atoms with van der Waals surface area (Å²) < 4.78 is 0. The quantitative estimate of drug-likeness (QED) is 0.748. The molecule has 0 bridgehead atoms. The van der Waals surface area contributed by atoms with E-state index < -0.39 is 0 Å². The third kappa shape index (κ3) is 3.39. The number of aromatic amines is 1. The number of carbonyl (C=O) groups excluding carboxylic acids is 1. The topological polar surface area (TPSA) is 69.8 Å². The number of nitrogens with zero attached hydrogens (tertiary/aromatic N) is 1. The Hall–Kier alpha value is -1.36. The minimum absolute atomic E-state index is 0.112. The highest BCUT2D eigenvalue weighted by atomic mass is 16.2. The summed E-state index contributed by atoms with van der Waals surface area (Å²) >= 11 is 0. The number of rotatable bonds is 6. The highest BCUT2D eigenvalue weighted by Crippen LogP contribution is 2.33. The van der Waals surface area contributed by atoms with Gasteiger partial charge in [-0.2, -0.15) is 5.10 Å². The molecule has 112 valence electrons. The summed E-state index contributed by atoms with van der Waals surface area (Å²) in [5.41, 5.74) is 0.811. The fraction of sp³-hybridized carbons (Fsp3) is 0.733. The van der Waals surface area contributed by atoms with Crippen LogP contribution in [-0.4, -0.2) is 29.2 Å². The summed E-state index contributed by atoms with van der Waals surface area (Å²) in [4.78, 5) is 12.6. The fourth-order valence-corrected chi connectivity index (χ4v) is 3.04. The lowest BCUT2D eigenvalue weighted by Crippen LogP contribution is -2.48. The van der Waals surface area contributed by atoms with Gasteiger partial charge in [0.2, 0.25) is 5.91 Å². The maximum absolute atomic E-state index is 12.6. The van der Waals surface area contributed by atoms with Gasteiger partial charge in [-0.3, -0.25) is 9.89 Å². The van der Waals surface area contributed by atoms with Crippen LogP contribution in [0.15, 0.2) is 6.07 Å². The number of H-pyrrole nitrogens is 1. The molecule has 0 spiro atoms. The monoisotopic (exact) mass is 278 g/mol. The van der Waals surface area contributed by atoms with Gasteiger partial charge in [-0.05, 0) is 32.2 Å². The fourth-order valence-electron chi connectivity index (χ4n) is 3.04. The van der Waals surface area contributed by atoms with Gasteiger partial charge in [0.25, 0.3) is 0 Å². The van der Waals surface area contributed by atoms with Crippen molar-refractivity contribution in [2.45, 2.75) is 52.4 Å². The highest BCUT2D eigenvalue weighted by Gasteiger charge is 2.38. The average molecular weight is 278 g/mol. The molecule has 1 fully saturated rings. The Kier molecular flexibility index (Phi) is 5.17. The number of hydrogen-bond donors (Lipinski definition) is 3. The number of piperidine rings is 1. The minimum atomic E-state index is -0.267. The highest BCUT2D eigenvalue weighted by molar-refractivity contribution is 5.94. The van der Waals surface area contributed by atoms with Crippen LogP contribution in [0.1, 0.15) is 51.6 Å². The van der Waals surface area contributed by atoms with Gasteiger partial charge in [0.05, 0.1) is 5.41 Å². The molecule has 2 rings (SSSR count). The van der Waals surface area contributed by atoms with Crippen molar-refractivity contribution >= 4 is 11.7 Å². The first kappa shape index (κ1) is 15.0. The minimum Gasteiger partial charge on any atom is -0.316 e. The van der Waals surface area contributed by atoms with E-state index in [2.05, 4.69) is 34.7 Å². The van der Waals surface area contributed by atoms with E-state index in [1.54, 1.807) is 0 Å². The second-order valence-electron chi connectivity index (χ2n) is 5.79. The molecule has 0 radical (unpaired) electrons. The summed E-state index contributed by atoms with van der Waals surface area (Å²) in [6.45, 7) is 6.06. The van der Waals surface area contributed by atoms with Crippen molar-refractivity contribution in [3.8, 4) is 0 Å². The van der Waals surface area contributed by atoms with E-state index in [0.29, 0.717) is 5.82 Å². The molecular formula is C15H26N4O. The Labute approximate surface area is 120 Å². The number of amides is 1. The molecule has 3 N–H and O–H groups in total. The Balaban J connectivity index is 2.03. The molecule has 1 aliphatic rings. The van der Waals surface area contributed by atoms with Crippen LogP contribution in [0.3, 0.4) is 0 Å². The van der Waals surface area contributed by atoms with Crippen molar-refractivity contribution in [2.75, 3.05) is 18.4 Å². The maximum Gasteiger partial charge on any atom is 0.233 e. The summed E-state index contributed by atoms with van der Waals surface area (Å²) in [6.07, 6.45) is 6.01. The van der Waals surface area contributed by atoms with Crippen LogP contribution in [-0.2, 0) is 11.2 Å².